The maximum atomic E-state index is 5.59. The zero-order valence-electron chi connectivity index (χ0n) is 8.79. The van der Waals surface area contributed by atoms with Crippen LogP contribution in [-0.2, 0) is 4.74 Å². The molecule has 0 aliphatic rings. The fourth-order valence-electron chi connectivity index (χ4n) is 1.16. The molecular weight excluding hydrogens is 258 g/mol. The highest BCUT2D eigenvalue weighted by atomic mass is 79.9. The van der Waals surface area contributed by atoms with Gasteiger partial charge in [0, 0.05) is 20.3 Å². The molecule has 0 fully saturated rings. The number of halogens is 1. The Labute approximate surface area is 98.3 Å². The summed E-state index contributed by atoms with van der Waals surface area (Å²) in [6.07, 6.45) is 3.75. The van der Waals surface area contributed by atoms with E-state index in [-0.39, 0.29) is 0 Å². The van der Waals surface area contributed by atoms with Crippen LogP contribution in [0.3, 0.4) is 0 Å². The van der Waals surface area contributed by atoms with Crippen LogP contribution in [0.4, 0.5) is 11.5 Å². The third-order valence-electron chi connectivity index (χ3n) is 1.93. The van der Waals surface area contributed by atoms with Crippen molar-refractivity contribution in [2.45, 2.75) is 12.8 Å². The van der Waals surface area contributed by atoms with E-state index in [1.54, 1.807) is 13.3 Å². The molecule has 0 aliphatic carbocycles. The van der Waals surface area contributed by atoms with Crippen molar-refractivity contribution in [3.63, 3.8) is 0 Å². The standard InChI is InChI=1S/C10H16BrN3O/c1-15-5-3-2-4-13-10-9(11)6-8(12)7-14-10/h6-7H,2-5,12H2,1H3,(H,13,14). The summed E-state index contributed by atoms with van der Waals surface area (Å²) in [4.78, 5) is 4.18. The molecule has 1 heterocycles. The number of hydrogen-bond donors (Lipinski definition) is 2. The average molecular weight is 274 g/mol. The first-order chi connectivity index (χ1) is 7.24. The number of ether oxygens (including phenoxy) is 1. The molecule has 0 amide bonds. The zero-order valence-corrected chi connectivity index (χ0v) is 10.4. The Balaban J connectivity index is 2.31. The van der Waals surface area contributed by atoms with Gasteiger partial charge in [-0.1, -0.05) is 0 Å². The number of unbranched alkanes of at least 4 members (excludes halogenated alkanes) is 1. The van der Waals surface area contributed by atoms with Crippen molar-refractivity contribution in [1.82, 2.24) is 4.98 Å². The molecule has 0 saturated carbocycles. The molecule has 0 spiro atoms. The molecule has 0 radical (unpaired) electrons. The Hall–Kier alpha value is -0.810. The summed E-state index contributed by atoms with van der Waals surface area (Å²) in [5.41, 5.74) is 6.24. The van der Waals surface area contributed by atoms with E-state index in [0.717, 1.165) is 36.3 Å². The zero-order chi connectivity index (χ0) is 11.1. The molecule has 84 valence electrons. The van der Waals surface area contributed by atoms with Crippen molar-refractivity contribution in [1.29, 1.82) is 0 Å². The highest BCUT2D eigenvalue weighted by Gasteiger charge is 2.00. The van der Waals surface area contributed by atoms with Gasteiger partial charge in [-0.25, -0.2) is 4.98 Å². The van der Waals surface area contributed by atoms with E-state index < -0.39 is 0 Å². The van der Waals surface area contributed by atoms with E-state index in [1.807, 2.05) is 6.07 Å². The fraction of sp³-hybridized carbons (Fsp3) is 0.500. The van der Waals surface area contributed by atoms with Crippen LogP contribution in [0.15, 0.2) is 16.7 Å². The van der Waals surface area contributed by atoms with Gasteiger partial charge in [0.1, 0.15) is 5.82 Å². The lowest BCUT2D eigenvalue weighted by Crippen LogP contribution is -2.05. The summed E-state index contributed by atoms with van der Waals surface area (Å²) in [5, 5.41) is 3.23. The Morgan fingerprint density at radius 2 is 2.33 bits per heavy atom. The minimum Gasteiger partial charge on any atom is -0.397 e. The lowest BCUT2D eigenvalue weighted by atomic mass is 10.3. The lowest BCUT2D eigenvalue weighted by Gasteiger charge is -2.07. The van der Waals surface area contributed by atoms with Gasteiger partial charge >= 0.3 is 0 Å². The lowest BCUT2D eigenvalue weighted by molar-refractivity contribution is 0.194. The first-order valence-electron chi connectivity index (χ1n) is 4.88. The predicted molar refractivity (Wildman–Crippen MR) is 65.9 cm³/mol. The Morgan fingerprint density at radius 3 is 3.00 bits per heavy atom. The summed E-state index contributed by atoms with van der Waals surface area (Å²) in [6.45, 7) is 1.69. The van der Waals surface area contributed by atoms with Crippen molar-refractivity contribution >= 4 is 27.4 Å². The molecule has 1 rings (SSSR count). The number of methoxy groups -OCH3 is 1. The SMILES string of the molecule is COCCCCNc1ncc(N)cc1Br. The third-order valence-corrected chi connectivity index (χ3v) is 2.53. The number of anilines is 2. The van der Waals surface area contributed by atoms with E-state index >= 15 is 0 Å². The molecule has 4 nitrogen and oxygen atoms in total. The van der Waals surface area contributed by atoms with E-state index in [2.05, 4.69) is 26.2 Å². The number of pyridine rings is 1. The number of nitrogen functional groups attached to an aromatic ring is 1. The predicted octanol–water partition coefficient (Wildman–Crippen LogP) is 2.26. The van der Waals surface area contributed by atoms with Crippen molar-refractivity contribution < 1.29 is 4.74 Å². The van der Waals surface area contributed by atoms with Gasteiger partial charge in [0.05, 0.1) is 16.4 Å². The van der Waals surface area contributed by atoms with Crippen LogP contribution >= 0.6 is 15.9 Å². The molecule has 0 bridgehead atoms. The average Bonchev–Trinajstić information content (AvgIpc) is 2.20. The number of hydrogen-bond acceptors (Lipinski definition) is 4. The molecule has 0 aliphatic heterocycles. The minimum absolute atomic E-state index is 0.659. The monoisotopic (exact) mass is 273 g/mol. The fourth-order valence-corrected chi connectivity index (χ4v) is 1.67. The Kier molecular flexibility index (Phi) is 5.42. The second-order valence-electron chi connectivity index (χ2n) is 3.23. The molecule has 15 heavy (non-hydrogen) atoms. The Morgan fingerprint density at radius 1 is 1.53 bits per heavy atom. The number of rotatable bonds is 6. The van der Waals surface area contributed by atoms with Gasteiger partial charge in [-0.05, 0) is 34.8 Å². The molecular formula is C10H16BrN3O. The van der Waals surface area contributed by atoms with Crippen molar-refractivity contribution in [3.05, 3.63) is 16.7 Å². The van der Waals surface area contributed by atoms with E-state index in [4.69, 9.17) is 10.5 Å². The molecule has 1 aromatic heterocycles. The first kappa shape index (κ1) is 12.3. The van der Waals surface area contributed by atoms with Crippen LogP contribution in [-0.4, -0.2) is 25.2 Å². The molecule has 3 N–H and O–H groups in total. The number of aromatic nitrogens is 1. The summed E-state index contributed by atoms with van der Waals surface area (Å²) in [7, 11) is 1.71. The van der Waals surface area contributed by atoms with E-state index in [1.165, 1.54) is 0 Å². The van der Waals surface area contributed by atoms with Gasteiger partial charge in [-0.15, -0.1) is 0 Å². The molecule has 0 atom stereocenters. The normalized spacial score (nSPS) is 10.3. The van der Waals surface area contributed by atoms with Crippen LogP contribution < -0.4 is 11.1 Å². The van der Waals surface area contributed by atoms with E-state index in [0.29, 0.717) is 5.69 Å². The topological polar surface area (TPSA) is 60.2 Å². The van der Waals surface area contributed by atoms with Crippen LogP contribution in [0.5, 0.6) is 0 Å². The molecule has 5 heteroatoms. The van der Waals surface area contributed by atoms with Crippen LogP contribution in [0.1, 0.15) is 12.8 Å². The highest BCUT2D eigenvalue weighted by molar-refractivity contribution is 9.10. The summed E-state index contributed by atoms with van der Waals surface area (Å²) in [6, 6.07) is 1.84. The summed E-state index contributed by atoms with van der Waals surface area (Å²) in [5.74, 6) is 0.835. The van der Waals surface area contributed by atoms with Crippen molar-refractivity contribution in [2.75, 3.05) is 31.3 Å². The van der Waals surface area contributed by atoms with Gasteiger partial charge < -0.3 is 15.8 Å². The number of nitrogens with two attached hydrogens (primary N) is 1. The molecule has 0 aromatic carbocycles. The van der Waals surface area contributed by atoms with Gasteiger partial charge in [-0.3, -0.25) is 0 Å². The number of nitrogens with zero attached hydrogens (tertiary/aromatic N) is 1. The van der Waals surface area contributed by atoms with Crippen LogP contribution in [0.25, 0.3) is 0 Å². The number of nitrogens with one attached hydrogen (secondary N) is 1. The summed E-state index contributed by atoms with van der Waals surface area (Å²) < 4.78 is 5.86. The second kappa shape index (κ2) is 6.63. The maximum absolute atomic E-state index is 5.59. The van der Waals surface area contributed by atoms with Gasteiger partial charge in [0.15, 0.2) is 0 Å². The maximum Gasteiger partial charge on any atom is 0.140 e. The highest BCUT2D eigenvalue weighted by Crippen LogP contribution is 2.21. The van der Waals surface area contributed by atoms with Crippen LogP contribution in [0, 0.1) is 0 Å². The molecule has 0 unspecified atom stereocenters. The van der Waals surface area contributed by atoms with Crippen LogP contribution in [0.2, 0.25) is 0 Å². The molecule has 1 aromatic rings. The summed E-state index contributed by atoms with van der Waals surface area (Å²) >= 11 is 3.40. The van der Waals surface area contributed by atoms with E-state index in [9.17, 15) is 0 Å². The minimum atomic E-state index is 0.659. The van der Waals surface area contributed by atoms with Crippen molar-refractivity contribution in [2.24, 2.45) is 0 Å². The first-order valence-corrected chi connectivity index (χ1v) is 5.67. The quantitative estimate of drug-likeness (QED) is 0.781. The van der Waals surface area contributed by atoms with Gasteiger partial charge in [-0.2, -0.15) is 0 Å². The second-order valence-corrected chi connectivity index (χ2v) is 4.08. The van der Waals surface area contributed by atoms with Crippen molar-refractivity contribution in [3.8, 4) is 0 Å². The molecule has 0 saturated heterocycles. The third kappa shape index (κ3) is 4.48. The Bertz CT molecular complexity index is 307. The smallest absolute Gasteiger partial charge is 0.140 e. The van der Waals surface area contributed by atoms with Gasteiger partial charge in [0.25, 0.3) is 0 Å². The van der Waals surface area contributed by atoms with Gasteiger partial charge in [0.2, 0.25) is 0 Å². The largest absolute Gasteiger partial charge is 0.397 e.